The minimum Gasteiger partial charge on any atom is -0.456 e. The average molecular weight is 237 g/mol. The van der Waals surface area contributed by atoms with Gasteiger partial charge in [-0.25, -0.2) is 4.79 Å². The molecule has 4 heteroatoms. The normalized spacial score (nSPS) is 13.2. The van der Waals surface area contributed by atoms with Gasteiger partial charge in [-0.3, -0.25) is 0 Å². The van der Waals surface area contributed by atoms with Crippen molar-refractivity contribution in [2.45, 2.75) is 39.4 Å². The quantitative estimate of drug-likeness (QED) is 0.611. The van der Waals surface area contributed by atoms with E-state index in [-0.39, 0.29) is 0 Å². The first-order valence-corrected chi connectivity index (χ1v) is 5.51. The highest BCUT2D eigenvalue weighted by atomic mass is 16.6. The van der Waals surface area contributed by atoms with Gasteiger partial charge in [0.25, 0.3) is 0 Å². The number of aliphatic hydroxyl groups excluding tert-OH is 1. The molecule has 3 N–H and O–H groups in total. The summed E-state index contributed by atoms with van der Waals surface area (Å²) in [5.74, 6) is -0.415. The molecule has 1 rings (SSSR count). The molecule has 0 fully saturated rings. The Hall–Kier alpha value is -1.55. The molecule has 94 valence electrons. The Morgan fingerprint density at radius 3 is 2.41 bits per heavy atom. The van der Waals surface area contributed by atoms with Gasteiger partial charge in [0.15, 0.2) is 0 Å². The first-order chi connectivity index (χ1) is 7.70. The fraction of sp³-hybridized carbons (Fsp3) is 0.462. The molecule has 0 amide bonds. The minimum atomic E-state index is -0.650. The summed E-state index contributed by atoms with van der Waals surface area (Å²) in [6, 6.07) is 4.77. The van der Waals surface area contributed by atoms with Gasteiger partial charge >= 0.3 is 5.97 Å². The first kappa shape index (κ1) is 13.5. The van der Waals surface area contributed by atoms with Crippen LogP contribution in [0.5, 0.6) is 0 Å². The number of rotatable bonds is 2. The second kappa shape index (κ2) is 4.75. The largest absolute Gasteiger partial charge is 0.456 e. The molecule has 1 aromatic carbocycles. The van der Waals surface area contributed by atoms with Crippen molar-refractivity contribution in [3.8, 4) is 0 Å². The van der Waals surface area contributed by atoms with Crippen LogP contribution in [0.3, 0.4) is 0 Å². The number of benzene rings is 1. The van der Waals surface area contributed by atoms with Crippen LogP contribution >= 0.6 is 0 Å². The van der Waals surface area contributed by atoms with Crippen molar-refractivity contribution in [2.24, 2.45) is 0 Å². The van der Waals surface area contributed by atoms with Gasteiger partial charge in [0.1, 0.15) is 5.60 Å². The van der Waals surface area contributed by atoms with E-state index in [1.54, 1.807) is 39.8 Å². The van der Waals surface area contributed by atoms with Gasteiger partial charge in [-0.2, -0.15) is 0 Å². The third kappa shape index (κ3) is 3.75. The van der Waals surface area contributed by atoms with Gasteiger partial charge in [0, 0.05) is 11.3 Å². The lowest BCUT2D eigenvalue weighted by Gasteiger charge is -2.20. The molecule has 0 aromatic heterocycles. The summed E-state index contributed by atoms with van der Waals surface area (Å²) in [6.07, 6.45) is -0.650. The molecule has 0 saturated carbocycles. The topological polar surface area (TPSA) is 72.5 Å². The Labute approximate surface area is 101 Å². The van der Waals surface area contributed by atoms with Crippen LogP contribution in [0.1, 0.15) is 49.7 Å². The van der Waals surface area contributed by atoms with Crippen molar-refractivity contribution in [3.63, 3.8) is 0 Å². The number of nitrogen functional groups attached to an aromatic ring is 1. The summed E-state index contributed by atoms with van der Waals surface area (Å²) in [4.78, 5) is 11.8. The van der Waals surface area contributed by atoms with Crippen molar-refractivity contribution >= 4 is 11.7 Å². The molecule has 1 atom stereocenters. The molecule has 0 aliphatic heterocycles. The molecule has 0 spiro atoms. The molecule has 0 unspecified atom stereocenters. The monoisotopic (exact) mass is 237 g/mol. The Kier molecular flexibility index (Phi) is 3.78. The van der Waals surface area contributed by atoms with Gasteiger partial charge in [-0.1, -0.05) is 6.07 Å². The molecule has 0 aliphatic rings. The zero-order chi connectivity index (χ0) is 13.2. The van der Waals surface area contributed by atoms with Crippen LogP contribution in [0, 0.1) is 0 Å². The molecular weight excluding hydrogens is 218 g/mol. The van der Waals surface area contributed by atoms with Crippen LogP contribution in [0.4, 0.5) is 5.69 Å². The van der Waals surface area contributed by atoms with E-state index in [4.69, 9.17) is 10.5 Å². The third-order valence-electron chi connectivity index (χ3n) is 2.17. The van der Waals surface area contributed by atoms with Crippen LogP contribution in [-0.2, 0) is 4.74 Å². The Balaban J connectivity index is 2.94. The molecule has 17 heavy (non-hydrogen) atoms. The van der Waals surface area contributed by atoms with E-state index in [2.05, 4.69) is 0 Å². The van der Waals surface area contributed by atoms with E-state index < -0.39 is 17.7 Å². The number of hydrogen-bond donors (Lipinski definition) is 2. The van der Waals surface area contributed by atoms with Crippen LogP contribution in [0.25, 0.3) is 0 Å². The number of ether oxygens (including phenoxy) is 1. The number of esters is 1. The van der Waals surface area contributed by atoms with Gasteiger partial charge < -0.3 is 15.6 Å². The lowest BCUT2D eigenvalue weighted by atomic mass is 10.1. The summed E-state index contributed by atoms with van der Waals surface area (Å²) in [6.45, 7) is 7.04. The molecule has 4 nitrogen and oxygen atoms in total. The average Bonchev–Trinajstić information content (AvgIpc) is 2.14. The lowest BCUT2D eigenvalue weighted by molar-refractivity contribution is 0.00694. The highest BCUT2D eigenvalue weighted by Crippen LogP contribution is 2.22. The van der Waals surface area contributed by atoms with E-state index in [1.807, 2.05) is 0 Å². The summed E-state index contributed by atoms with van der Waals surface area (Å²) in [5.41, 5.74) is 6.61. The van der Waals surface area contributed by atoms with Gasteiger partial charge in [-0.15, -0.1) is 0 Å². The molecule has 0 bridgehead atoms. The van der Waals surface area contributed by atoms with Crippen LogP contribution < -0.4 is 5.73 Å². The van der Waals surface area contributed by atoms with Crippen molar-refractivity contribution in [1.29, 1.82) is 0 Å². The van der Waals surface area contributed by atoms with Crippen LogP contribution in [0.2, 0.25) is 0 Å². The maximum atomic E-state index is 11.8. The molecule has 1 aromatic rings. The predicted molar refractivity (Wildman–Crippen MR) is 66.7 cm³/mol. The van der Waals surface area contributed by atoms with Crippen LogP contribution in [0.15, 0.2) is 18.2 Å². The fourth-order valence-corrected chi connectivity index (χ4v) is 1.42. The Bertz CT molecular complexity index is 419. The van der Waals surface area contributed by atoms with Crippen molar-refractivity contribution in [1.82, 2.24) is 0 Å². The van der Waals surface area contributed by atoms with Crippen LogP contribution in [-0.4, -0.2) is 16.7 Å². The van der Waals surface area contributed by atoms with E-state index in [1.165, 1.54) is 6.07 Å². The SMILES string of the molecule is C[C@@H](O)c1ccc(C(=O)OC(C)(C)C)cc1N. The zero-order valence-electron chi connectivity index (χ0n) is 10.7. The van der Waals surface area contributed by atoms with Gasteiger partial charge in [0.2, 0.25) is 0 Å². The van der Waals surface area contributed by atoms with E-state index in [9.17, 15) is 9.90 Å². The highest BCUT2D eigenvalue weighted by molar-refractivity contribution is 5.91. The van der Waals surface area contributed by atoms with E-state index >= 15 is 0 Å². The molecule has 0 radical (unpaired) electrons. The van der Waals surface area contributed by atoms with Gasteiger partial charge in [0.05, 0.1) is 11.7 Å². The number of carbonyl (C=O) groups is 1. The van der Waals surface area contributed by atoms with Gasteiger partial charge in [-0.05, 0) is 39.8 Å². The Morgan fingerprint density at radius 1 is 1.41 bits per heavy atom. The molecule has 0 heterocycles. The predicted octanol–water partition coefficient (Wildman–Crippen LogP) is 2.28. The molecule has 0 saturated heterocycles. The van der Waals surface area contributed by atoms with E-state index in [0.29, 0.717) is 16.8 Å². The zero-order valence-corrected chi connectivity index (χ0v) is 10.7. The summed E-state index contributed by atoms with van der Waals surface area (Å²) < 4.78 is 5.22. The van der Waals surface area contributed by atoms with E-state index in [0.717, 1.165) is 0 Å². The number of anilines is 1. The highest BCUT2D eigenvalue weighted by Gasteiger charge is 2.18. The maximum Gasteiger partial charge on any atom is 0.338 e. The summed E-state index contributed by atoms with van der Waals surface area (Å²) in [7, 11) is 0. The number of nitrogens with two attached hydrogens (primary N) is 1. The number of hydrogen-bond acceptors (Lipinski definition) is 4. The first-order valence-electron chi connectivity index (χ1n) is 5.51. The van der Waals surface area contributed by atoms with Crippen molar-refractivity contribution in [2.75, 3.05) is 5.73 Å². The lowest BCUT2D eigenvalue weighted by Crippen LogP contribution is -2.24. The standard InChI is InChI=1S/C13H19NO3/c1-8(15)10-6-5-9(7-11(10)14)12(16)17-13(2,3)4/h5-8,15H,14H2,1-4H3/t8-/m1/s1. The second-order valence-corrected chi connectivity index (χ2v) is 5.02. The maximum absolute atomic E-state index is 11.8. The fourth-order valence-electron chi connectivity index (χ4n) is 1.42. The summed E-state index contributed by atoms with van der Waals surface area (Å²) >= 11 is 0. The number of aliphatic hydroxyl groups is 1. The molecular formula is C13H19NO3. The van der Waals surface area contributed by atoms with Crippen molar-refractivity contribution in [3.05, 3.63) is 29.3 Å². The third-order valence-corrected chi connectivity index (χ3v) is 2.17. The minimum absolute atomic E-state index is 0.391. The smallest absolute Gasteiger partial charge is 0.338 e. The number of carbonyl (C=O) groups excluding carboxylic acids is 1. The summed E-state index contributed by atoms with van der Waals surface area (Å²) in [5, 5.41) is 9.42. The van der Waals surface area contributed by atoms with Crippen molar-refractivity contribution < 1.29 is 14.6 Å². The Morgan fingerprint density at radius 2 is 2.00 bits per heavy atom. The second-order valence-electron chi connectivity index (χ2n) is 5.02. The molecule has 0 aliphatic carbocycles.